The summed E-state index contributed by atoms with van der Waals surface area (Å²) in [4.78, 5) is 11.8. The lowest BCUT2D eigenvalue weighted by atomic mass is 10.2. The zero-order valence-corrected chi connectivity index (χ0v) is 25.6. The van der Waals surface area contributed by atoms with Crippen LogP contribution in [0.15, 0.2) is 97.3 Å². The van der Waals surface area contributed by atoms with Crippen molar-refractivity contribution in [2.75, 3.05) is 36.9 Å². The Kier molecular flexibility index (Phi) is 9.49. The van der Waals surface area contributed by atoms with Gasteiger partial charge < -0.3 is 15.1 Å². The number of rotatable bonds is 9. The molecule has 0 radical (unpaired) electrons. The van der Waals surface area contributed by atoms with Crippen LogP contribution in [0.4, 0.5) is 17.3 Å². The van der Waals surface area contributed by atoms with Gasteiger partial charge in [-0.05, 0) is 53.4 Å². The molecular formula is C34H43N5OSi. The Bertz CT molecular complexity index is 1320. The summed E-state index contributed by atoms with van der Waals surface area (Å²) in [6, 6.07) is 32.1. The third kappa shape index (κ3) is 6.86. The summed E-state index contributed by atoms with van der Waals surface area (Å²) < 4.78 is 7.17. The van der Waals surface area contributed by atoms with Crippen LogP contribution in [0.5, 0.6) is 0 Å². The molecule has 4 aromatic rings. The van der Waals surface area contributed by atoms with E-state index in [0.29, 0.717) is 0 Å². The van der Waals surface area contributed by atoms with E-state index in [1.807, 2.05) is 18.2 Å². The van der Waals surface area contributed by atoms with Crippen LogP contribution in [0.2, 0.25) is 5.04 Å². The van der Waals surface area contributed by atoms with Crippen molar-refractivity contribution in [2.24, 2.45) is 0 Å². The van der Waals surface area contributed by atoms with E-state index in [-0.39, 0.29) is 5.04 Å². The van der Waals surface area contributed by atoms with Crippen molar-refractivity contribution in [3.8, 4) is 0 Å². The van der Waals surface area contributed by atoms with Crippen LogP contribution in [0.25, 0.3) is 0 Å². The molecule has 41 heavy (non-hydrogen) atoms. The maximum Gasteiger partial charge on any atom is 0.261 e. The second-order valence-corrected chi connectivity index (χ2v) is 16.1. The lowest BCUT2D eigenvalue weighted by Crippen LogP contribution is -2.66. The molecule has 0 atom stereocenters. The first-order valence-electron chi connectivity index (χ1n) is 14.8. The van der Waals surface area contributed by atoms with E-state index < -0.39 is 8.32 Å². The van der Waals surface area contributed by atoms with Crippen molar-refractivity contribution in [3.63, 3.8) is 0 Å². The number of nitrogens with one attached hydrogen (secondary N) is 2. The number of para-hydroxylation sites is 1. The molecule has 214 valence electrons. The monoisotopic (exact) mass is 565 g/mol. The number of anilines is 3. The first-order valence-corrected chi connectivity index (χ1v) is 16.8. The van der Waals surface area contributed by atoms with Gasteiger partial charge in [-0.1, -0.05) is 99.6 Å². The van der Waals surface area contributed by atoms with Crippen molar-refractivity contribution >= 4 is 36.0 Å². The Morgan fingerprint density at radius 3 is 2.12 bits per heavy atom. The minimum absolute atomic E-state index is 0.0197. The van der Waals surface area contributed by atoms with Gasteiger partial charge in [0.1, 0.15) is 18.0 Å². The Labute approximate surface area is 246 Å². The summed E-state index contributed by atoms with van der Waals surface area (Å²) in [5.41, 5.74) is 2.14. The summed E-state index contributed by atoms with van der Waals surface area (Å²) in [7, 11) is -2.53. The highest BCUT2D eigenvalue weighted by Gasteiger charge is 2.49. The molecular weight excluding hydrogens is 522 g/mol. The topological polar surface area (TPSA) is 62.3 Å². The van der Waals surface area contributed by atoms with Gasteiger partial charge in [0, 0.05) is 31.9 Å². The number of aromatic nitrogens is 2. The molecule has 0 amide bonds. The Morgan fingerprint density at radius 1 is 0.854 bits per heavy atom. The first kappa shape index (κ1) is 29.0. The van der Waals surface area contributed by atoms with E-state index in [9.17, 15) is 0 Å². The second kappa shape index (κ2) is 13.4. The SMILES string of the molecule is CC(C)(C)[Si](OCCCN1CCCCNc2ncnc(Nc3ccccc3)c2C1)(c1ccccc1)c1ccccc1. The molecule has 0 bridgehead atoms. The summed E-state index contributed by atoms with van der Waals surface area (Å²) in [6.45, 7) is 11.4. The third-order valence-corrected chi connectivity index (χ3v) is 13.0. The molecule has 7 heteroatoms. The van der Waals surface area contributed by atoms with Gasteiger partial charge in [-0.25, -0.2) is 9.97 Å². The highest BCUT2D eigenvalue weighted by Crippen LogP contribution is 2.37. The van der Waals surface area contributed by atoms with Crippen molar-refractivity contribution in [1.29, 1.82) is 0 Å². The molecule has 0 fully saturated rings. The molecule has 5 rings (SSSR count). The molecule has 2 heterocycles. The fourth-order valence-corrected chi connectivity index (χ4v) is 10.5. The lowest BCUT2D eigenvalue weighted by Gasteiger charge is -2.43. The first-order chi connectivity index (χ1) is 20.0. The highest BCUT2D eigenvalue weighted by atomic mass is 28.4. The van der Waals surface area contributed by atoms with Gasteiger partial charge >= 0.3 is 0 Å². The molecule has 2 N–H and O–H groups in total. The quantitative estimate of drug-likeness (QED) is 0.186. The molecule has 0 saturated heterocycles. The van der Waals surface area contributed by atoms with Crippen molar-refractivity contribution < 1.29 is 4.43 Å². The average Bonchev–Trinajstić information content (AvgIpc) is 3.09. The largest absolute Gasteiger partial charge is 0.407 e. The van der Waals surface area contributed by atoms with Crippen LogP contribution in [-0.4, -0.2) is 49.4 Å². The average molecular weight is 566 g/mol. The summed E-state index contributed by atoms with van der Waals surface area (Å²) in [5, 5.41) is 9.72. The van der Waals surface area contributed by atoms with Gasteiger partial charge in [-0.2, -0.15) is 0 Å². The molecule has 1 aliphatic rings. The summed E-state index contributed by atoms with van der Waals surface area (Å²) >= 11 is 0. The molecule has 0 spiro atoms. The molecule has 1 aliphatic heterocycles. The predicted octanol–water partition coefficient (Wildman–Crippen LogP) is 6.19. The van der Waals surface area contributed by atoms with Crippen LogP contribution < -0.4 is 21.0 Å². The second-order valence-electron chi connectivity index (χ2n) is 11.8. The van der Waals surface area contributed by atoms with E-state index in [2.05, 4.69) is 119 Å². The predicted molar refractivity (Wildman–Crippen MR) is 173 cm³/mol. The van der Waals surface area contributed by atoms with Gasteiger partial charge in [0.15, 0.2) is 0 Å². The zero-order valence-electron chi connectivity index (χ0n) is 24.6. The van der Waals surface area contributed by atoms with Crippen molar-refractivity contribution in [1.82, 2.24) is 14.9 Å². The van der Waals surface area contributed by atoms with Crippen LogP contribution in [0.3, 0.4) is 0 Å². The fraction of sp³-hybridized carbons (Fsp3) is 0.353. The van der Waals surface area contributed by atoms with Gasteiger partial charge in [-0.3, -0.25) is 4.90 Å². The van der Waals surface area contributed by atoms with Gasteiger partial charge in [0.25, 0.3) is 8.32 Å². The Balaban J connectivity index is 1.34. The number of hydrogen-bond acceptors (Lipinski definition) is 6. The normalized spacial score (nSPS) is 14.7. The van der Waals surface area contributed by atoms with Crippen molar-refractivity contribution in [3.05, 3.63) is 103 Å². The minimum atomic E-state index is -2.53. The van der Waals surface area contributed by atoms with E-state index in [4.69, 9.17) is 4.43 Å². The van der Waals surface area contributed by atoms with Gasteiger partial charge in [0.05, 0.1) is 5.56 Å². The van der Waals surface area contributed by atoms with Gasteiger partial charge in [0.2, 0.25) is 0 Å². The minimum Gasteiger partial charge on any atom is -0.407 e. The summed E-state index contributed by atoms with van der Waals surface area (Å²) in [5.74, 6) is 1.79. The maximum atomic E-state index is 7.17. The highest BCUT2D eigenvalue weighted by molar-refractivity contribution is 6.99. The number of benzene rings is 3. The van der Waals surface area contributed by atoms with E-state index in [1.165, 1.54) is 10.4 Å². The molecule has 3 aromatic carbocycles. The fourth-order valence-electron chi connectivity index (χ4n) is 5.92. The smallest absolute Gasteiger partial charge is 0.261 e. The standard InChI is InChI=1S/C34H43N5OSi/c1-34(2,3)41(29-18-9-5-10-19-29,30-20-11-6-12-21-30)40-25-15-24-39-23-14-13-22-35-32-31(26-39)33(37-27-36-32)38-28-16-7-4-8-17-28/h4-12,16-21,27H,13-15,22-26H2,1-3H3,(H2,35,36,37,38). The van der Waals surface area contributed by atoms with Crippen LogP contribution in [-0.2, 0) is 11.0 Å². The number of hydrogen-bond donors (Lipinski definition) is 2. The number of nitrogens with zero attached hydrogens (tertiary/aromatic N) is 3. The Morgan fingerprint density at radius 2 is 1.49 bits per heavy atom. The van der Waals surface area contributed by atoms with E-state index >= 15 is 0 Å². The van der Waals surface area contributed by atoms with Crippen molar-refractivity contribution in [2.45, 2.75) is 51.6 Å². The van der Waals surface area contributed by atoms with E-state index in [0.717, 1.165) is 74.9 Å². The molecule has 0 aliphatic carbocycles. The molecule has 0 saturated carbocycles. The Hall–Kier alpha value is -3.52. The van der Waals surface area contributed by atoms with E-state index in [1.54, 1.807) is 6.33 Å². The van der Waals surface area contributed by atoms with Crippen LogP contribution in [0.1, 0.15) is 45.6 Å². The molecule has 1 aromatic heterocycles. The molecule has 0 unspecified atom stereocenters. The van der Waals surface area contributed by atoms with Crippen LogP contribution in [0, 0.1) is 0 Å². The zero-order chi connectivity index (χ0) is 28.5. The summed E-state index contributed by atoms with van der Waals surface area (Å²) in [6.07, 6.45) is 4.87. The third-order valence-electron chi connectivity index (χ3n) is 7.91. The van der Waals surface area contributed by atoms with Gasteiger partial charge in [-0.15, -0.1) is 0 Å². The van der Waals surface area contributed by atoms with Crippen LogP contribution >= 0.6 is 0 Å². The number of fused-ring (bicyclic) bond motifs is 1. The lowest BCUT2D eigenvalue weighted by molar-refractivity contribution is 0.221. The maximum absolute atomic E-state index is 7.17. The molecule has 6 nitrogen and oxygen atoms in total.